The Morgan fingerprint density at radius 1 is 0.974 bits per heavy atom. The molecule has 2 N–H and O–H groups in total. The van der Waals surface area contributed by atoms with Crippen LogP contribution >= 0.6 is 11.6 Å². The maximum Gasteiger partial charge on any atom is 0.408 e. The number of para-hydroxylation sites is 1. The third kappa shape index (κ3) is 10.9. The second-order valence-electron chi connectivity index (χ2n) is 10.9. The van der Waals surface area contributed by atoms with E-state index in [1.807, 2.05) is 50.2 Å². The number of rotatable bonds is 13. The highest BCUT2D eigenvalue weighted by Gasteiger charge is 2.32. The summed E-state index contributed by atoms with van der Waals surface area (Å²) < 4.78 is 5.30. The lowest BCUT2D eigenvalue weighted by Crippen LogP contribution is -2.47. The smallest absolute Gasteiger partial charge is 0.408 e. The molecule has 0 heterocycles. The molecule has 0 aliphatic carbocycles. The fraction of sp³-hybridized carbons (Fsp3) is 0.516. The van der Waals surface area contributed by atoms with E-state index in [9.17, 15) is 14.4 Å². The highest BCUT2D eigenvalue weighted by atomic mass is 35.5. The lowest BCUT2D eigenvalue weighted by molar-refractivity contribution is -0.138. The molecule has 7 nitrogen and oxygen atoms in total. The van der Waals surface area contributed by atoms with Gasteiger partial charge in [0.15, 0.2) is 0 Å². The summed E-state index contributed by atoms with van der Waals surface area (Å²) in [4.78, 5) is 41.4. The zero-order chi connectivity index (χ0) is 29.0. The number of halogens is 1. The van der Waals surface area contributed by atoms with Crippen LogP contribution in [-0.2, 0) is 14.3 Å². The molecule has 0 saturated heterocycles. The first kappa shape index (κ1) is 32.2. The van der Waals surface area contributed by atoms with Gasteiger partial charge in [0.1, 0.15) is 18.2 Å². The molecule has 0 aliphatic rings. The predicted molar refractivity (Wildman–Crippen MR) is 158 cm³/mol. The molecule has 0 fully saturated rings. The van der Waals surface area contributed by atoms with Gasteiger partial charge in [0.2, 0.25) is 5.91 Å². The summed E-state index contributed by atoms with van der Waals surface area (Å²) in [6.07, 6.45) is 5.52. The first-order valence-corrected chi connectivity index (χ1v) is 14.2. The SMILES string of the molecule is CCCCCCCCN(C(=O)CNC(=O)OC(C)(C)C)C(C(=O)Nc1c(C)cccc1Cl)c1cccc(C)c1. The van der Waals surface area contributed by atoms with Crippen LogP contribution in [0.5, 0.6) is 0 Å². The van der Waals surface area contributed by atoms with Gasteiger partial charge in [-0.3, -0.25) is 9.59 Å². The number of hydrogen-bond donors (Lipinski definition) is 2. The Morgan fingerprint density at radius 2 is 1.64 bits per heavy atom. The minimum Gasteiger partial charge on any atom is -0.444 e. The number of alkyl carbamates (subject to hydrolysis) is 1. The molecule has 2 rings (SSSR count). The Hall–Kier alpha value is -3.06. The number of nitrogens with one attached hydrogen (secondary N) is 2. The highest BCUT2D eigenvalue weighted by molar-refractivity contribution is 6.34. The predicted octanol–water partition coefficient (Wildman–Crippen LogP) is 7.35. The van der Waals surface area contributed by atoms with E-state index in [1.54, 1.807) is 31.7 Å². The van der Waals surface area contributed by atoms with Crippen molar-refractivity contribution in [3.05, 3.63) is 64.2 Å². The van der Waals surface area contributed by atoms with E-state index in [4.69, 9.17) is 16.3 Å². The largest absolute Gasteiger partial charge is 0.444 e. The molecule has 1 atom stereocenters. The Balaban J connectivity index is 2.37. The summed E-state index contributed by atoms with van der Waals surface area (Å²) in [5.74, 6) is -0.736. The van der Waals surface area contributed by atoms with Crippen molar-refractivity contribution in [2.75, 3.05) is 18.4 Å². The summed E-state index contributed by atoms with van der Waals surface area (Å²) in [6.45, 7) is 11.3. The van der Waals surface area contributed by atoms with E-state index < -0.39 is 17.7 Å². The Morgan fingerprint density at radius 3 is 2.28 bits per heavy atom. The first-order chi connectivity index (χ1) is 18.4. The molecular formula is C31H44ClN3O4. The maximum absolute atomic E-state index is 13.9. The quantitative estimate of drug-likeness (QED) is 0.252. The molecular weight excluding hydrogens is 514 g/mol. The van der Waals surface area contributed by atoms with Crippen LogP contribution in [0.4, 0.5) is 10.5 Å². The molecule has 0 radical (unpaired) electrons. The molecule has 0 saturated carbocycles. The molecule has 0 aliphatic heterocycles. The number of unbranched alkanes of at least 4 members (excludes halogenated alkanes) is 5. The van der Waals surface area contributed by atoms with Gasteiger partial charge in [-0.05, 0) is 58.2 Å². The van der Waals surface area contributed by atoms with Crippen molar-refractivity contribution >= 4 is 35.2 Å². The van der Waals surface area contributed by atoms with E-state index in [2.05, 4.69) is 17.6 Å². The monoisotopic (exact) mass is 557 g/mol. The van der Waals surface area contributed by atoms with Gasteiger partial charge in [0.05, 0.1) is 10.7 Å². The van der Waals surface area contributed by atoms with E-state index in [-0.39, 0.29) is 18.4 Å². The number of carbonyl (C=O) groups is 3. The second kappa shape index (κ2) is 15.5. The third-order valence-corrected chi connectivity index (χ3v) is 6.56. The van der Waals surface area contributed by atoms with Crippen molar-refractivity contribution in [1.82, 2.24) is 10.2 Å². The third-order valence-electron chi connectivity index (χ3n) is 6.24. The summed E-state index contributed by atoms with van der Waals surface area (Å²) in [5.41, 5.74) is 2.30. The normalized spacial score (nSPS) is 12.0. The average molecular weight is 558 g/mol. The van der Waals surface area contributed by atoms with Gasteiger partial charge in [0.25, 0.3) is 5.91 Å². The highest BCUT2D eigenvalue weighted by Crippen LogP contribution is 2.29. The van der Waals surface area contributed by atoms with Crippen LogP contribution in [0.15, 0.2) is 42.5 Å². The molecule has 8 heteroatoms. The Labute approximate surface area is 238 Å². The van der Waals surface area contributed by atoms with Crippen molar-refractivity contribution in [2.24, 2.45) is 0 Å². The standard InChI is InChI=1S/C31H44ClN3O4/c1-7-8-9-10-11-12-19-35(26(36)21-33-30(38)39-31(4,5)6)28(24-17-13-15-22(2)20-24)29(37)34-27-23(3)16-14-18-25(27)32/h13-18,20,28H,7-12,19,21H2,1-6H3,(H,33,38)(H,34,37). The molecule has 0 aromatic heterocycles. The van der Waals surface area contributed by atoms with Gasteiger partial charge in [0, 0.05) is 6.54 Å². The van der Waals surface area contributed by atoms with Crippen LogP contribution < -0.4 is 10.6 Å². The van der Waals surface area contributed by atoms with Gasteiger partial charge >= 0.3 is 6.09 Å². The molecule has 2 aromatic carbocycles. The van der Waals surface area contributed by atoms with Crippen LogP contribution in [-0.4, -0.2) is 41.5 Å². The van der Waals surface area contributed by atoms with Gasteiger partial charge in [-0.25, -0.2) is 4.79 Å². The van der Waals surface area contributed by atoms with Crippen LogP contribution in [0.3, 0.4) is 0 Å². The fourth-order valence-corrected chi connectivity index (χ4v) is 4.59. The minimum absolute atomic E-state index is 0.286. The van der Waals surface area contributed by atoms with E-state index in [0.717, 1.165) is 43.2 Å². The molecule has 0 spiro atoms. The van der Waals surface area contributed by atoms with Crippen molar-refractivity contribution in [3.8, 4) is 0 Å². The number of amides is 3. The van der Waals surface area contributed by atoms with E-state index >= 15 is 0 Å². The summed E-state index contributed by atoms with van der Waals surface area (Å²) >= 11 is 6.42. The minimum atomic E-state index is -0.913. The molecule has 1 unspecified atom stereocenters. The van der Waals surface area contributed by atoms with Crippen LogP contribution in [0.1, 0.15) is 89.0 Å². The molecule has 0 bridgehead atoms. The molecule has 39 heavy (non-hydrogen) atoms. The number of hydrogen-bond acceptors (Lipinski definition) is 4. The fourth-order valence-electron chi connectivity index (χ4n) is 4.32. The zero-order valence-electron chi connectivity index (χ0n) is 24.2. The number of aryl methyl sites for hydroxylation is 2. The second-order valence-corrected chi connectivity index (χ2v) is 11.4. The number of benzene rings is 2. The molecule has 2 aromatic rings. The number of ether oxygens (including phenoxy) is 1. The van der Waals surface area contributed by atoms with Gasteiger partial charge in [-0.2, -0.15) is 0 Å². The van der Waals surface area contributed by atoms with Crippen molar-refractivity contribution < 1.29 is 19.1 Å². The molecule has 214 valence electrons. The van der Waals surface area contributed by atoms with E-state index in [0.29, 0.717) is 22.8 Å². The van der Waals surface area contributed by atoms with Gasteiger partial charge in [-0.1, -0.05) is 92.6 Å². The summed E-state index contributed by atoms with van der Waals surface area (Å²) in [7, 11) is 0. The van der Waals surface area contributed by atoms with Crippen molar-refractivity contribution in [3.63, 3.8) is 0 Å². The maximum atomic E-state index is 13.9. The number of carbonyl (C=O) groups excluding carboxylic acids is 3. The van der Waals surface area contributed by atoms with E-state index in [1.165, 1.54) is 6.42 Å². The van der Waals surface area contributed by atoms with Crippen molar-refractivity contribution in [1.29, 1.82) is 0 Å². The summed E-state index contributed by atoms with van der Waals surface area (Å²) in [6, 6.07) is 12.1. The van der Waals surface area contributed by atoms with Gasteiger partial charge < -0.3 is 20.3 Å². The average Bonchev–Trinajstić information content (AvgIpc) is 2.85. The van der Waals surface area contributed by atoms with Crippen LogP contribution in [0.2, 0.25) is 5.02 Å². The van der Waals surface area contributed by atoms with Crippen LogP contribution in [0, 0.1) is 13.8 Å². The molecule has 3 amide bonds. The first-order valence-electron chi connectivity index (χ1n) is 13.8. The Bertz CT molecular complexity index is 1090. The zero-order valence-corrected chi connectivity index (χ0v) is 25.0. The Kier molecular flexibility index (Phi) is 12.8. The summed E-state index contributed by atoms with van der Waals surface area (Å²) in [5, 5.41) is 5.95. The lowest BCUT2D eigenvalue weighted by Gasteiger charge is -2.32. The lowest BCUT2D eigenvalue weighted by atomic mass is 10.0. The number of nitrogens with zero attached hydrogens (tertiary/aromatic N) is 1. The topological polar surface area (TPSA) is 87.7 Å². The van der Waals surface area contributed by atoms with Crippen molar-refractivity contribution in [2.45, 2.75) is 91.7 Å². The number of anilines is 1. The van der Waals surface area contributed by atoms with Gasteiger partial charge in [-0.15, -0.1) is 0 Å². The van der Waals surface area contributed by atoms with Crippen LogP contribution in [0.25, 0.3) is 0 Å².